The third-order valence-electron chi connectivity index (χ3n) is 4.63. The van der Waals surface area contributed by atoms with Gasteiger partial charge in [-0.15, -0.1) is 0 Å². The lowest BCUT2D eigenvalue weighted by Crippen LogP contribution is -2.46. The van der Waals surface area contributed by atoms with Crippen molar-refractivity contribution in [2.24, 2.45) is 5.73 Å². The first kappa shape index (κ1) is 20.4. The lowest BCUT2D eigenvalue weighted by atomic mass is 10.2. The molecule has 1 aliphatic rings. The smallest absolute Gasteiger partial charge is 0.270 e. The third kappa shape index (κ3) is 4.40. The van der Waals surface area contributed by atoms with Crippen LogP contribution in [0, 0.1) is 0 Å². The van der Waals surface area contributed by atoms with Gasteiger partial charge < -0.3 is 15.6 Å². The normalized spacial score (nSPS) is 19.4. The van der Waals surface area contributed by atoms with Crippen LogP contribution < -0.4 is 14.8 Å². The highest BCUT2D eigenvalue weighted by molar-refractivity contribution is 7.92. The molecule has 0 heterocycles. The second-order valence-electron chi connectivity index (χ2n) is 6.58. The van der Waals surface area contributed by atoms with Crippen molar-refractivity contribution in [2.45, 2.75) is 31.4 Å². The number of nitrogens with zero attached hydrogens (tertiary/aromatic N) is 1. The number of nitrogens with two attached hydrogens (primary N) is 1. The minimum absolute atomic E-state index is 0.200. The lowest BCUT2D eigenvalue weighted by molar-refractivity contribution is 0.1000. The number of aliphatic hydroxyl groups excluding tert-OH is 1. The average molecular weight is 425 g/mol. The molecular weight excluding hydrogens is 404 g/mol. The molecule has 0 spiro atoms. The molecule has 7 nitrogen and oxygen atoms in total. The quantitative estimate of drug-likeness (QED) is 0.709. The van der Waals surface area contributed by atoms with Crippen LogP contribution in [0.2, 0.25) is 5.02 Å². The van der Waals surface area contributed by atoms with Gasteiger partial charge in [0, 0.05) is 5.56 Å². The van der Waals surface area contributed by atoms with Crippen LogP contribution >= 0.6 is 11.6 Å². The number of hydrogen-bond donors (Lipinski definition) is 2. The summed E-state index contributed by atoms with van der Waals surface area (Å²) in [5.74, 6) is -1.12. The summed E-state index contributed by atoms with van der Waals surface area (Å²) in [7, 11) is -4.00. The fourth-order valence-corrected chi connectivity index (χ4v) is 5.09. The molecule has 2 atom stereocenters. The molecule has 0 bridgehead atoms. The molecule has 0 aromatic heterocycles. The molecule has 3 rings (SSSR count). The van der Waals surface area contributed by atoms with Crippen molar-refractivity contribution in [3.8, 4) is 5.75 Å². The second-order valence-corrected chi connectivity index (χ2v) is 8.78. The summed E-state index contributed by atoms with van der Waals surface area (Å²) in [6.07, 6.45) is 0.958. The van der Waals surface area contributed by atoms with Crippen LogP contribution in [0.3, 0.4) is 0 Å². The Balaban J connectivity index is 1.89. The molecule has 0 saturated heterocycles. The average Bonchev–Trinajstić information content (AvgIpc) is 3.07. The fourth-order valence-electron chi connectivity index (χ4n) is 3.30. The van der Waals surface area contributed by atoms with Gasteiger partial charge in [0.2, 0.25) is 11.8 Å². The summed E-state index contributed by atoms with van der Waals surface area (Å²) in [6.45, 7) is 0. The Kier molecular flexibility index (Phi) is 6.12. The van der Waals surface area contributed by atoms with Crippen molar-refractivity contribution in [3.63, 3.8) is 0 Å². The Morgan fingerprint density at radius 3 is 2.61 bits per heavy atom. The maximum atomic E-state index is 13.1. The maximum Gasteiger partial charge on any atom is 0.270 e. The zero-order valence-corrected chi connectivity index (χ0v) is 16.6. The van der Waals surface area contributed by atoms with Crippen LogP contribution in [0.1, 0.15) is 29.6 Å². The summed E-state index contributed by atoms with van der Waals surface area (Å²) < 4.78 is 32.9. The van der Waals surface area contributed by atoms with Gasteiger partial charge in [0.05, 0.1) is 22.9 Å². The van der Waals surface area contributed by atoms with Crippen molar-refractivity contribution >= 4 is 33.2 Å². The van der Waals surface area contributed by atoms with Crippen LogP contribution in [0.15, 0.2) is 48.5 Å². The molecule has 2 aromatic carbocycles. The van der Waals surface area contributed by atoms with Crippen LogP contribution in [0.5, 0.6) is 5.75 Å². The topological polar surface area (TPSA) is 110 Å². The van der Waals surface area contributed by atoms with E-state index in [9.17, 15) is 18.3 Å². The van der Waals surface area contributed by atoms with Crippen molar-refractivity contribution in [1.29, 1.82) is 0 Å². The van der Waals surface area contributed by atoms with E-state index in [-0.39, 0.29) is 16.3 Å². The van der Waals surface area contributed by atoms with Gasteiger partial charge in [-0.25, -0.2) is 8.42 Å². The highest BCUT2D eigenvalue weighted by Crippen LogP contribution is 2.35. The Bertz CT molecular complexity index is 966. The molecule has 1 aliphatic carbocycles. The van der Waals surface area contributed by atoms with Crippen LogP contribution in [-0.4, -0.2) is 37.5 Å². The van der Waals surface area contributed by atoms with Gasteiger partial charge in [0.15, 0.2) is 0 Å². The van der Waals surface area contributed by atoms with Crippen molar-refractivity contribution < 1.29 is 23.1 Å². The number of rotatable bonds is 7. The predicted molar refractivity (Wildman–Crippen MR) is 107 cm³/mol. The van der Waals surface area contributed by atoms with E-state index in [2.05, 4.69) is 0 Å². The second kappa shape index (κ2) is 8.38. The minimum atomic E-state index is -4.00. The SMILES string of the molecule is NC(=O)c1cccc(OCS(=O)(=O)N(c2ccccc2Cl)[C@H]2CCC[C@H]2O)c1. The molecule has 2 aromatic rings. The molecule has 1 amide bonds. The highest BCUT2D eigenvalue weighted by atomic mass is 35.5. The van der Waals surface area contributed by atoms with E-state index in [4.69, 9.17) is 22.1 Å². The minimum Gasteiger partial charge on any atom is -0.476 e. The van der Waals surface area contributed by atoms with Crippen molar-refractivity contribution in [3.05, 3.63) is 59.1 Å². The maximum absolute atomic E-state index is 13.1. The fraction of sp³-hybridized carbons (Fsp3) is 0.316. The molecule has 28 heavy (non-hydrogen) atoms. The zero-order chi connectivity index (χ0) is 20.3. The summed E-state index contributed by atoms with van der Waals surface area (Å²) in [4.78, 5) is 11.3. The van der Waals surface area contributed by atoms with Gasteiger partial charge >= 0.3 is 0 Å². The van der Waals surface area contributed by atoms with Crippen LogP contribution in [-0.2, 0) is 10.0 Å². The van der Waals surface area contributed by atoms with E-state index in [1.165, 1.54) is 18.2 Å². The number of sulfonamides is 1. The standard InChI is InChI=1S/C19H21ClN2O5S/c20-15-7-1-2-8-16(15)22(17-9-4-10-18(17)23)28(25,26)12-27-14-6-3-5-13(11-14)19(21)24/h1-3,5-8,11,17-18,23H,4,9-10,12H2,(H2,21,24)/t17-,18+/m0/s1. The number of carbonyl (C=O) groups excluding carboxylic acids is 1. The first-order chi connectivity index (χ1) is 13.3. The molecule has 0 aliphatic heterocycles. The summed E-state index contributed by atoms with van der Waals surface area (Å²) >= 11 is 6.24. The van der Waals surface area contributed by atoms with E-state index in [0.29, 0.717) is 24.9 Å². The Morgan fingerprint density at radius 2 is 1.96 bits per heavy atom. The van der Waals surface area contributed by atoms with Gasteiger partial charge in [-0.05, 0) is 49.6 Å². The number of ether oxygens (including phenoxy) is 1. The first-order valence-electron chi connectivity index (χ1n) is 8.77. The van der Waals surface area contributed by atoms with Gasteiger partial charge in [-0.3, -0.25) is 9.10 Å². The van der Waals surface area contributed by atoms with Crippen LogP contribution in [0.4, 0.5) is 5.69 Å². The van der Waals surface area contributed by atoms with Crippen molar-refractivity contribution in [1.82, 2.24) is 0 Å². The lowest BCUT2D eigenvalue weighted by Gasteiger charge is -2.32. The van der Waals surface area contributed by atoms with Gasteiger partial charge in [-0.1, -0.05) is 29.8 Å². The van der Waals surface area contributed by atoms with Crippen molar-refractivity contribution in [2.75, 3.05) is 10.2 Å². The largest absolute Gasteiger partial charge is 0.476 e. The number of amides is 1. The Hall–Kier alpha value is -2.29. The molecule has 0 radical (unpaired) electrons. The van der Waals surface area contributed by atoms with Gasteiger partial charge in [-0.2, -0.15) is 0 Å². The molecule has 3 N–H and O–H groups in total. The first-order valence-corrected chi connectivity index (χ1v) is 10.8. The van der Waals surface area contributed by atoms with E-state index < -0.39 is 34.0 Å². The van der Waals surface area contributed by atoms with Gasteiger partial charge in [0.25, 0.3) is 10.0 Å². The number of halogens is 1. The van der Waals surface area contributed by atoms with Crippen LogP contribution in [0.25, 0.3) is 0 Å². The van der Waals surface area contributed by atoms with E-state index in [1.54, 1.807) is 30.3 Å². The van der Waals surface area contributed by atoms with E-state index in [0.717, 1.165) is 4.31 Å². The number of benzene rings is 2. The van der Waals surface area contributed by atoms with E-state index in [1.807, 2.05) is 0 Å². The zero-order valence-electron chi connectivity index (χ0n) is 15.0. The summed E-state index contributed by atoms with van der Waals surface area (Å²) in [6, 6.07) is 11.9. The van der Waals surface area contributed by atoms with Gasteiger partial charge in [0.1, 0.15) is 5.75 Å². The predicted octanol–water partition coefficient (Wildman–Crippen LogP) is 2.53. The highest BCUT2D eigenvalue weighted by Gasteiger charge is 2.39. The molecule has 1 saturated carbocycles. The Labute approximate surface area is 168 Å². The number of carbonyl (C=O) groups is 1. The number of hydrogen-bond acceptors (Lipinski definition) is 5. The molecule has 1 fully saturated rings. The molecule has 150 valence electrons. The summed E-state index contributed by atoms with van der Waals surface area (Å²) in [5, 5.41) is 10.6. The molecule has 9 heteroatoms. The Morgan fingerprint density at radius 1 is 1.21 bits per heavy atom. The number of aliphatic hydroxyl groups is 1. The number of anilines is 1. The number of primary amides is 1. The summed E-state index contributed by atoms with van der Waals surface area (Å²) in [5.41, 5.74) is 5.75. The number of para-hydroxylation sites is 1. The third-order valence-corrected chi connectivity index (χ3v) is 6.43. The van der Waals surface area contributed by atoms with E-state index >= 15 is 0 Å². The monoisotopic (exact) mass is 424 g/mol. The molecular formula is C19H21ClN2O5S. The molecule has 0 unspecified atom stereocenters.